The van der Waals surface area contributed by atoms with Gasteiger partial charge in [-0.05, 0) is 68.5 Å². The summed E-state index contributed by atoms with van der Waals surface area (Å²) in [5.74, 6) is -0.726. The monoisotopic (exact) mass is 249 g/mol. The molecule has 0 aromatic heterocycles. The third-order valence-corrected chi connectivity index (χ3v) is 3.57. The van der Waals surface area contributed by atoms with Gasteiger partial charge in [0.2, 0.25) is 0 Å². The molecule has 3 nitrogen and oxygen atoms in total. The zero-order valence-electron chi connectivity index (χ0n) is 11.8. The van der Waals surface area contributed by atoms with E-state index >= 15 is 0 Å². The van der Waals surface area contributed by atoms with Crippen LogP contribution in [0.25, 0.3) is 0 Å². The van der Waals surface area contributed by atoms with Crippen LogP contribution < -0.4 is 5.32 Å². The standard InChI is InChI=1S/C15H23NO2/c1-10-8-11(2)13(4)14(12(10)3)9-16-7-5-6-15(17)18/h8,16H,5-7,9H2,1-4H3,(H,17,18). The number of nitrogens with one attached hydrogen (secondary N) is 1. The Morgan fingerprint density at radius 2 is 1.72 bits per heavy atom. The number of hydrogen-bond acceptors (Lipinski definition) is 2. The Bertz CT molecular complexity index is 412. The highest BCUT2D eigenvalue weighted by Gasteiger charge is 2.07. The van der Waals surface area contributed by atoms with E-state index in [0.29, 0.717) is 6.42 Å². The van der Waals surface area contributed by atoms with Crippen molar-refractivity contribution in [3.05, 3.63) is 33.9 Å². The maximum atomic E-state index is 10.4. The number of aryl methyl sites for hydroxylation is 2. The van der Waals surface area contributed by atoms with E-state index in [9.17, 15) is 4.79 Å². The summed E-state index contributed by atoms with van der Waals surface area (Å²) in [4.78, 5) is 10.4. The number of aliphatic carboxylic acids is 1. The van der Waals surface area contributed by atoms with Crippen molar-refractivity contribution in [3.63, 3.8) is 0 Å². The van der Waals surface area contributed by atoms with Crippen LogP contribution in [0, 0.1) is 27.7 Å². The molecule has 100 valence electrons. The van der Waals surface area contributed by atoms with Gasteiger partial charge in [-0.2, -0.15) is 0 Å². The fourth-order valence-corrected chi connectivity index (χ4v) is 2.14. The molecule has 0 fully saturated rings. The van der Waals surface area contributed by atoms with E-state index in [0.717, 1.165) is 13.1 Å². The molecule has 0 bridgehead atoms. The maximum absolute atomic E-state index is 10.4. The fourth-order valence-electron chi connectivity index (χ4n) is 2.14. The van der Waals surface area contributed by atoms with Crippen molar-refractivity contribution >= 4 is 5.97 Å². The summed E-state index contributed by atoms with van der Waals surface area (Å²) in [6.45, 7) is 10.1. The number of carboxylic acid groups (broad SMARTS) is 1. The van der Waals surface area contributed by atoms with Gasteiger partial charge in [-0.1, -0.05) is 6.07 Å². The molecule has 18 heavy (non-hydrogen) atoms. The van der Waals surface area contributed by atoms with Gasteiger partial charge in [0, 0.05) is 13.0 Å². The van der Waals surface area contributed by atoms with Crippen LogP contribution >= 0.6 is 0 Å². The van der Waals surface area contributed by atoms with Gasteiger partial charge in [-0.25, -0.2) is 0 Å². The molecular formula is C15H23NO2. The third kappa shape index (κ3) is 3.84. The van der Waals surface area contributed by atoms with Gasteiger partial charge in [0.15, 0.2) is 0 Å². The second-order valence-corrected chi connectivity index (χ2v) is 4.91. The normalized spacial score (nSPS) is 10.7. The summed E-state index contributed by atoms with van der Waals surface area (Å²) in [7, 11) is 0. The lowest BCUT2D eigenvalue weighted by molar-refractivity contribution is -0.137. The van der Waals surface area contributed by atoms with Crippen molar-refractivity contribution in [2.24, 2.45) is 0 Å². The van der Waals surface area contributed by atoms with Crippen molar-refractivity contribution < 1.29 is 9.90 Å². The zero-order valence-corrected chi connectivity index (χ0v) is 11.8. The van der Waals surface area contributed by atoms with Crippen molar-refractivity contribution in [1.82, 2.24) is 5.32 Å². The summed E-state index contributed by atoms with van der Waals surface area (Å²) in [5.41, 5.74) is 6.66. The van der Waals surface area contributed by atoms with E-state index in [2.05, 4.69) is 39.1 Å². The van der Waals surface area contributed by atoms with Gasteiger partial charge in [-0.15, -0.1) is 0 Å². The second-order valence-electron chi connectivity index (χ2n) is 4.91. The first-order valence-corrected chi connectivity index (χ1v) is 6.42. The van der Waals surface area contributed by atoms with Crippen LogP contribution in [0.4, 0.5) is 0 Å². The van der Waals surface area contributed by atoms with Crippen molar-refractivity contribution in [2.75, 3.05) is 6.54 Å². The van der Waals surface area contributed by atoms with Crippen molar-refractivity contribution in [2.45, 2.75) is 47.1 Å². The third-order valence-electron chi connectivity index (χ3n) is 3.57. The molecule has 1 aromatic carbocycles. The van der Waals surface area contributed by atoms with Crippen LogP contribution in [0.15, 0.2) is 6.07 Å². The summed E-state index contributed by atoms with van der Waals surface area (Å²) in [5, 5.41) is 11.9. The first-order valence-electron chi connectivity index (χ1n) is 6.42. The molecule has 0 aliphatic rings. The molecule has 0 saturated carbocycles. The minimum absolute atomic E-state index is 0.234. The number of benzene rings is 1. The highest BCUT2D eigenvalue weighted by atomic mass is 16.4. The number of carbonyl (C=O) groups is 1. The molecule has 3 heteroatoms. The van der Waals surface area contributed by atoms with Gasteiger partial charge in [0.1, 0.15) is 0 Å². The van der Waals surface area contributed by atoms with Gasteiger partial charge >= 0.3 is 5.97 Å². The Hall–Kier alpha value is -1.35. The van der Waals surface area contributed by atoms with Crippen LogP contribution in [0.5, 0.6) is 0 Å². The van der Waals surface area contributed by atoms with Crippen molar-refractivity contribution in [1.29, 1.82) is 0 Å². The summed E-state index contributed by atoms with van der Waals surface area (Å²) >= 11 is 0. The summed E-state index contributed by atoms with van der Waals surface area (Å²) in [6.07, 6.45) is 0.913. The number of rotatable bonds is 6. The maximum Gasteiger partial charge on any atom is 0.303 e. The smallest absolute Gasteiger partial charge is 0.303 e. The summed E-state index contributed by atoms with van der Waals surface area (Å²) < 4.78 is 0. The molecule has 0 atom stereocenters. The van der Waals surface area contributed by atoms with E-state index in [4.69, 9.17) is 5.11 Å². The molecule has 0 heterocycles. The Morgan fingerprint density at radius 1 is 1.17 bits per heavy atom. The Labute approximate surface area is 109 Å². The molecule has 2 N–H and O–H groups in total. The van der Waals surface area contributed by atoms with E-state index in [-0.39, 0.29) is 6.42 Å². The Balaban J connectivity index is 2.59. The predicted molar refractivity (Wildman–Crippen MR) is 74.0 cm³/mol. The summed E-state index contributed by atoms with van der Waals surface area (Å²) in [6, 6.07) is 2.22. The minimum atomic E-state index is -0.726. The largest absolute Gasteiger partial charge is 0.481 e. The molecule has 0 amide bonds. The molecule has 0 aliphatic heterocycles. The van der Waals surface area contributed by atoms with Crippen LogP contribution in [0.1, 0.15) is 40.7 Å². The van der Waals surface area contributed by atoms with E-state index < -0.39 is 5.97 Å². The fraction of sp³-hybridized carbons (Fsp3) is 0.533. The topological polar surface area (TPSA) is 49.3 Å². The average Bonchev–Trinajstić information content (AvgIpc) is 2.30. The highest BCUT2D eigenvalue weighted by Crippen LogP contribution is 2.21. The predicted octanol–water partition coefficient (Wildman–Crippen LogP) is 2.87. The Morgan fingerprint density at radius 3 is 2.22 bits per heavy atom. The first kappa shape index (κ1) is 14.7. The lowest BCUT2D eigenvalue weighted by Crippen LogP contribution is -2.18. The molecular weight excluding hydrogens is 226 g/mol. The number of hydrogen-bond donors (Lipinski definition) is 2. The SMILES string of the molecule is Cc1cc(C)c(C)c(CNCCCC(=O)O)c1C. The molecule has 1 aromatic rings. The molecule has 0 spiro atoms. The average molecular weight is 249 g/mol. The van der Waals surface area contributed by atoms with Gasteiger partial charge in [0.05, 0.1) is 0 Å². The highest BCUT2D eigenvalue weighted by molar-refractivity contribution is 5.66. The number of carboxylic acids is 1. The van der Waals surface area contributed by atoms with Crippen LogP contribution in [-0.4, -0.2) is 17.6 Å². The van der Waals surface area contributed by atoms with Crippen LogP contribution in [-0.2, 0) is 11.3 Å². The van der Waals surface area contributed by atoms with Crippen LogP contribution in [0.2, 0.25) is 0 Å². The van der Waals surface area contributed by atoms with Gasteiger partial charge in [0.25, 0.3) is 0 Å². The zero-order chi connectivity index (χ0) is 13.7. The molecule has 0 radical (unpaired) electrons. The van der Waals surface area contributed by atoms with E-state index in [1.54, 1.807) is 0 Å². The van der Waals surface area contributed by atoms with Gasteiger partial charge < -0.3 is 10.4 Å². The molecule has 0 aliphatic carbocycles. The quantitative estimate of drug-likeness (QED) is 0.762. The van der Waals surface area contributed by atoms with E-state index in [1.165, 1.54) is 27.8 Å². The molecule has 0 saturated heterocycles. The molecule has 0 unspecified atom stereocenters. The lowest BCUT2D eigenvalue weighted by atomic mass is 9.94. The van der Waals surface area contributed by atoms with Crippen LogP contribution in [0.3, 0.4) is 0 Å². The first-order chi connectivity index (χ1) is 8.43. The Kier molecular flexibility index (Phi) is 5.35. The molecule has 1 rings (SSSR count). The van der Waals surface area contributed by atoms with Crippen molar-refractivity contribution in [3.8, 4) is 0 Å². The minimum Gasteiger partial charge on any atom is -0.481 e. The lowest BCUT2D eigenvalue weighted by Gasteiger charge is -2.15. The van der Waals surface area contributed by atoms with Gasteiger partial charge in [-0.3, -0.25) is 4.79 Å². The second kappa shape index (κ2) is 6.55. The van der Waals surface area contributed by atoms with E-state index in [1.807, 2.05) is 0 Å².